The Morgan fingerprint density at radius 3 is 2.81 bits per heavy atom. The van der Waals surface area contributed by atoms with Crippen LogP contribution >= 0.6 is 0 Å². The summed E-state index contributed by atoms with van der Waals surface area (Å²) in [6, 6.07) is 0. The Bertz CT molecular complexity index is 264. The highest BCUT2D eigenvalue weighted by Gasteiger charge is 2.50. The molecule has 4 nitrogen and oxygen atoms in total. The molecule has 1 aliphatic heterocycles. The van der Waals surface area contributed by atoms with Crippen LogP contribution in [0.3, 0.4) is 0 Å². The van der Waals surface area contributed by atoms with Gasteiger partial charge in [0.25, 0.3) is 0 Å². The number of rotatable bonds is 4. The third kappa shape index (κ3) is 1.96. The first kappa shape index (κ1) is 11.9. The zero-order valence-electron chi connectivity index (χ0n) is 10.1. The zero-order chi connectivity index (χ0) is 11.6. The van der Waals surface area contributed by atoms with Gasteiger partial charge in [0.1, 0.15) is 0 Å². The molecule has 0 unspecified atom stereocenters. The molecule has 1 saturated carbocycles. The van der Waals surface area contributed by atoms with Crippen molar-refractivity contribution in [2.75, 3.05) is 32.8 Å². The SMILES string of the molecule is CCOC[C@@H]1CN(C(=O)CN)CC12CCC2. The second kappa shape index (κ2) is 4.72. The normalized spacial score (nSPS) is 27.1. The topological polar surface area (TPSA) is 55.6 Å². The largest absolute Gasteiger partial charge is 0.381 e. The quantitative estimate of drug-likeness (QED) is 0.764. The van der Waals surface area contributed by atoms with E-state index in [-0.39, 0.29) is 12.5 Å². The number of nitrogens with zero attached hydrogens (tertiary/aromatic N) is 1. The molecule has 1 aliphatic carbocycles. The molecule has 16 heavy (non-hydrogen) atoms. The van der Waals surface area contributed by atoms with E-state index >= 15 is 0 Å². The number of ether oxygens (including phenoxy) is 1. The summed E-state index contributed by atoms with van der Waals surface area (Å²) in [6.45, 7) is 5.46. The van der Waals surface area contributed by atoms with Gasteiger partial charge in [-0.2, -0.15) is 0 Å². The molecule has 2 N–H and O–H groups in total. The van der Waals surface area contributed by atoms with Crippen LogP contribution in [0.1, 0.15) is 26.2 Å². The van der Waals surface area contributed by atoms with Crippen molar-refractivity contribution in [3.8, 4) is 0 Å². The first-order valence-electron chi connectivity index (χ1n) is 6.27. The van der Waals surface area contributed by atoms with Gasteiger partial charge in [-0.25, -0.2) is 0 Å². The Morgan fingerprint density at radius 1 is 1.56 bits per heavy atom. The molecule has 1 spiro atoms. The van der Waals surface area contributed by atoms with Crippen molar-refractivity contribution in [3.05, 3.63) is 0 Å². The molecule has 2 fully saturated rings. The molecule has 0 aromatic rings. The molecule has 1 atom stereocenters. The summed E-state index contributed by atoms with van der Waals surface area (Å²) in [4.78, 5) is 13.6. The van der Waals surface area contributed by atoms with Crippen molar-refractivity contribution in [3.63, 3.8) is 0 Å². The minimum atomic E-state index is 0.0882. The van der Waals surface area contributed by atoms with Crippen LogP contribution < -0.4 is 5.73 Å². The van der Waals surface area contributed by atoms with E-state index in [1.807, 2.05) is 11.8 Å². The molecule has 1 saturated heterocycles. The van der Waals surface area contributed by atoms with E-state index < -0.39 is 0 Å². The number of carbonyl (C=O) groups is 1. The lowest BCUT2D eigenvalue weighted by Gasteiger charge is -2.42. The Hall–Kier alpha value is -0.610. The van der Waals surface area contributed by atoms with Crippen LogP contribution in [0, 0.1) is 11.3 Å². The van der Waals surface area contributed by atoms with Gasteiger partial charge in [-0.1, -0.05) is 6.42 Å². The number of hydrogen-bond donors (Lipinski definition) is 1. The summed E-state index contributed by atoms with van der Waals surface area (Å²) >= 11 is 0. The highest BCUT2D eigenvalue weighted by atomic mass is 16.5. The van der Waals surface area contributed by atoms with E-state index in [0.29, 0.717) is 11.3 Å². The van der Waals surface area contributed by atoms with Crippen LogP contribution in [0.25, 0.3) is 0 Å². The summed E-state index contributed by atoms with van der Waals surface area (Å²) < 4.78 is 5.54. The summed E-state index contributed by atoms with van der Waals surface area (Å²) in [5, 5.41) is 0. The average molecular weight is 226 g/mol. The van der Waals surface area contributed by atoms with E-state index in [1.54, 1.807) is 0 Å². The third-order valence-electron chi connectivity index (χ3n) is 4.21. The molecule has 0 bridgehead atoms. The second-order valence-electron chi connectivity index (χ2n) is 5.05. The van der Waals surface area contributed by atoms with Gasteiger partial charge in [0.2, 0.25) is 5.91 Å². The molecular formula is C12H22N2O2. The zero-order valence-corrected chi connectivity index (χ0v) is 10.1. The van der Waals surface area contributed by atoms with Crippen molar-refractivity contribution in [2.45, 2.75) is 26.2 Å². The molecule has 92 valence electrons. The monoisotopic (exact) mass is 226 g/mol. The van der Waals surface area contributed by atoms with E-state index in [4.69, 9.17) is 10.5 Å². The standard InChI is InChI=1S/C12H22N2O2/c1-2-16-8-10-7-14(11(15)6-13)9-12(10)4-3-5-12/h10H,2-9,13H2,1H3/t10-/m0/s1. The average Bonchev–Trinajstić information content (AvgIpc) is 2.64. The maximum absolute atomic E-state index is 11.6. The van der Waals surface area contributed by atoms with Crippen LogP contribution in [0.15, 0.2) is 0 Å². The molecule has 0 radical (unpaired) electrons. The third-order valence-corrected chi connectivity index (χ3v) is 4.21. The molecule has 2 rings (SSSR count). The summed E-state index contributed by atoms with van der Waals surface area (Å²) in [5.74, 6) is 0.613. The maximum Gasteiger partial charge on any atom is 0.236 e. The minimum Gasteiger partial charge on any atom is -0.381 e. The van der Waals surface area contributed by atoms with Gasteiger partial charge >= 0.3 is 0 Å². The fourth-order valence-electron chi connectivity index (χ4n) is 3.04. The van der Waals surface area contributed by atoms with Crippen LogP contribution in [-0.4, -0.2) is 43.7 Å². The van der Waals surface area contributed by atoms with Crippen molar-refractivity contribution >= 4 is 5.91 Å². The smallest absolute Gasteiger partial charge is 0.236 e. The van der Waals surface area contributed by atoms with Crippen LogP contribution in [-0.2, 0) is 9.53 Å². The van der Waals surface area contributed by atoms with E-state index in [2.05, 4.69) is 0 Å². The maximum atomic E-state index is 11.6. The first-order chi connectivity index (χ1) is 7.72. The molecule has 1 heterocycles. The predicted octanol–water partition coefficient (Wildman–Crippen LogP) is 0.610. The highest BCUT2D eigenvalue weighted by Crippen LogP contribution is 2.51. The van der Waals surface area contributed by atoms with Crippen molar-refractivity contribution in [1.29, 1.82) is 0 Å². The van der Waals surface area contributed by atoms with Crippen LogP contribution in [0.5, 0.6) is 0 Å². The van der Waals surface area contributed by atoms with Crippen molar-refractivity contribution in [1.82, 2.24) is 4.90 Å². The van der Waals surface area contributed by atoms with Gasteiger partial charge in [0, 0.05) is 25.6 Å². The van der Waals surface area contributed by atoms with Crippen molar-refractivity contribution in [2.24, 2.45) is 17.1 Å². The molecule has 4 heteroatoms. The Kier molecular flexibility index (Phi) is 3.50. The summed E-state index contributed by atoms with van der Waals surface area (Å²) in [6.07, 6.45) is 3.80. The number of nitrogens with two attached hydrogens (primary N) is 1. The molecule has 0 aromatic carbocycles. The van der Waals surface area contributed by atoms with E-state index in [1.165, 1.54) is 19.3 Å². The fourth-order valence-corrected chi connectivity index (χ4v) is 3.04. The van der Waals surface area contributed by atoms with Crippen LogP contribution in [0.4, 0.5) is 0 Å². The van der Waals surface area contributed by atoms with E-state index in [9.17, 15) is 4.79 Å². The van der Waals surface area contributed by atoms with Gasteiger partial charge in [-0.15, -0.1) is 0 Å². The Balaban J connectivity index is 1.98. The second-order valence-corrected chi connectivity index (χ2v) is 5.05. The predicted molar refractivity (Wildman–Crippen MR) is 61.9 cm³/mol. The number of amides is 1. The van der Waals surface area contributed by atoms with E-state index in [0.717, 1.165) is 26.3 Å². The fraction of sp³-hybridized carbons (Fsp3) is 0.917. The molecular weight excluding hydrogens is 204 g/mol. The Morgan fingerprint density at radius 2 is 2.31 bits per heavy atom. The summed E-state index contributed by atoms with van der Waals surface area (Å²) in [7, 11) is 0. The number of likely N-dealkylation sites (tertiary alicyclic amines) is 1. The number of carbonyl (C=O) groups excluding carboxylic acids is 1. The first-order valence-corrected chi connectivity index (χ1v) is 6.27. The molecule has 0 aromatic heterocycles. The van der Waals surface area contributed by atoms with Crippen LogP contribution in [0.2, 0.25) is 0 Å². The van der Waals surface area contributed by atoms with Gasteiger partial charge in [-0.05, 0) is 25.2 Å². The Labute approximate surface area is 97.1 Å². The highest BCUT2D eigenvalue weighted by molar-refractivity contribution is 5.78. The number of hydrogen-bond acceptors (Lipinski definition) is 3. The molecule has 1 amide bonds. The van der Waals surface area contributed by atoms with Crippen molar-refractivity contribution < 1.29 is 9.53 Å². The lowest BCUT2D eigenvalue weighted by molar-refractivity contribution is -0.129. The van der Waals surface area contributed by atoms with Gasteiger partial charge in [0.05, 0.1) is 13.2 Å². The van der Waals surface area contributed by atoms with Gasteiger partial charge in [-0.3, -0.25) is 4.79 Å². The lowest BCUT2D eigenvalue weighted by Crippen LogP contribution is -2.40. The minimum absolute atomic E-state index is 0.0882. The van der Waals surface area contributed by atoms with Gasteiger partial charge in [0.15, 0.2) is 0 Å². The summed E-state index contributed by atoms with van der Waals surface area (Å²) in [5.41, 5.74) is 5.78. The molecule has 2 aliphatic rings. The lowest BCUT2D eigenvalue weighted by atomic mass is 9.63. The van der Waals surface area contributed by atoms with Gasteiger partial charge < -0.3 is 15.4 Å².